The highest BCUT2D eigenvalue weighted by atomic mass is 32.2. The molecule has 5 heteroatoms. The molecule has 2 saturated heterocycles. The van der Waals surface area contributed by atoms with Gasteiger partial charge in [0.1, 0.15) is 0 Å². The van der Waals surface area contributed by atoms with Gasteiger partial charge < -0.3 is 10.2 Å². The van der Waals surface area contributed by atoms with Crippen LogP contribution in [0, 0.1) is 0 Å². The van der Waals surface area contributed by atoms with Crippen LogP contribution >= 0.6 is 0 Å². The van der Waals surface area contributed by atoms with E-state index >= 15 is 0 Å². The molecule has 0 aliphatic carbocycles. The van der Waals surface area contributed by atoms with E-state index in [0.29, 0.717) is 24.4 Å². The zero-order valence-corrected chi connectivity index (χ0v) is 11.7. The van der Waals surface area contributed by atoms with Crippen molar-refractivity contribution in [2.24, 2.45) is 0 Å². The van der Waals surface area contributed by atoms with Crippen molar-refractivity contribution in [3.05, 3.63) is 0 Å². The molecule has 1 N–H and O–H groups in total. The molecule has 0 saturated carbocycles. The highest BCUT2D eigenvalue weighted by Crippen LogP contribution is 2.20. The lowest BCUT2D eigenvalue weighted by Gasteiger charge is -2.35. The third-order valence-electron chi connectivity index (χ3n) is 4.31. The van der Waals surface area contributed by atoms with Gasteiger partial charge in [-0.05, 0) is 46.2 Å². The molecule has 2 heterocycles. The minimum Gasteiger partial charge on any atom is -0.313 e. The highest BCUT2D eigenvalue weighted by Gasteiger charge is 2.32. The smallest absolute Gasteiger partial charge is 0.154 e. The maximum absolute atomic E-state index is 11.7. The van der Waals surface area contributed by atoms with Crippen molar-refractivity contribution in [1.82, 2.24) is 10.2 Å². The van der Waals surface area contributed by atoms with Crippen molar-refractivity contribution >= 4 is 9.84 Å². The van der Waals surface area contributed by atoms with Crippen LogP contribution in [0.25, 0.3) is 0 Å². The van der Waals surface area contributed by atoms with Crippen LogP contribution in [0.15, 0.2) is 0 Å². The van der Waals surface area contributed by atoms with E-state index in [1.165, 1.54) is 0 Å². The molecule has 0 amide bonds. The molecule has 3 atom stereocenters. The van der Waals surface area contributed by atoms with Gasteiger partial charge in [0.2, 0.25) is 0 Å². The predicted octanol–water partition coefficient (Wildman–Crippen LogP) is 0.636. The van der Waals surface area contributed by atoms with Gasteiger partial charge in [0.15, 0.2) is 9.84 Å². The van der Waals surface area contributed by atoms with Gasteiger partial charge in [0.05, 0.1) is 11.0 Å². The van der Waals surface area contributed by atoms with Gasteiger partial charge in [0.25, 0.3) is 0 Å². The molecular formula is C12H24N2O2S. The summed E-state index contributed by atoms with van der Waals surface area (Å²) in [4.78, 5) is 2.37. The molecule has 0 aromatic heterocycles. The summed E-state index contributed by atoms with van der Waals surface area (Å²) >= 11 is 0. The van der Waals surface area contributed by atoms with Gasteiger partial charge in [-0.25, -0.2) is 8.42 Å². The van der Waals surface area contributed by atoms with E-state index in [-0.39, 0.29) is 5.25 Å². The Morgan fingerprint density at radius 1 is 1.35 bits per heavy atom. The summed E-state index contributed by atoms with van der Waals surface area (Å²) in [6.07, 6.45) is 3.95. The molecule has 0 bridgehead atoms. The third-order valence-corrected chi connectivity index (χ3v) is 6.58. The average Bonchev–Trinajstić information content (AvgIpc) is 2.60. The number of rotatable bonds is 3. The lowest BCUT2D eigenvalue weighted by molar-refractivity contribution is 0.169. The fourth-order valence-electron chi connectivity index (χ4n) is 2.86. The molecule has 0 radical (unpaired) electrons. The molecule has 100 valence electrons. The maximum atomic E-state index is 11.7. The van der Waals surface area contributed by atoms with Gasteiger partial charge >= 0.3 is 0 Å². The fourth-order valence-corrected chi connectivity index (χ4v) is 4.64. The van der Waals surface area contributed by atoms with Crippen LogP contribution in [-0.2, 0) is 9.84 Å². The molecule has 2 fully saturated rings. The fraction of sp³-hybridized carbons (Fsp3) is 1.00. The Hall–Kier alpha value is -0.130. The van der Waals surface area contributed by atoms with Crippen LogP contribution < -0.4 is 5.32 Å². The molecule has 0 aromatic carbocycles. The van der Waals surface area contributed by atoms with Crippen LogP contribution in [0.3, 0.4) is 0 Å². The number of nitrogens with one attached hydrogen (secondary N) is 1. The standard InChI is InChI=1S/C12H24N2O2S/c1-10-8-11(5-6-14(10)2)13-9-12-4-3-7-17(12,15)16/h10-13H,3-9H2,1-2H3. The Labute approximate surface area is 105 Å². The Balaban J connectivity index is 1.79. The lowest BCUT2D eigenvalue weighted by Crippen LogP contribution is -2.47. The van der Waals surface area contributed by atoms with Crippen LogP contribution in [0.4, 0.5) is 0 Å². The molecule has 2 aliphatic heterocycles. The number of piperidine rings is 1. The van der Waals surface area contributed by atoms with Gasteiger partial charge in [-0.1, -0.05) is 0 Å². The quantitative estimate of drug-likeness (QED) is 0.809. The van der Waals surface area contributed by atoms with E-state index in [4.69, 9.17) is 0 Å². The van der Waals surface area contributed by atoms with Crippen LogP contribution in [-0.4, -0.2) is 56.5 Å². The first-order valence-corrected chi connectivity index (χ1v) is 8.36. The lowest BCUT2D eigenvalue weighted by atomic mass is 9.99. The molecular weight excluding hydrogens is 236 g/mol. The zero-order valence-electron chi connectivity index (χ0n) is 10.9. The van der Waals surface area contributed by atoms with Crippen molar-refractivity contribution in [3.8, 4) is 0 Å². The number of nitrogens with zero attached hydrogens (tertiary/aromatic N) is 1. The van der Waals surface area contributed by atoms with Gasteiger partial charge in [-0.2, -0.15) is 0 Å². The largest absolute Gasteiger partial charge is 0.313 e. The predicted molar refractivity (Wildman–Crippen MR) is 69.9 cm³/mol. The first-order chi connectivity index (χ1) is 7.99. The first-order valence-electron chi connectivity index (χ1n) is 6.64. The van der Waals surface area contributed by atoms with E-state index in [1.54, 1.807) is 0 Å². The van der Waals surface area contributed by atoms with Gasteiger partial charge in [0, 0.05) is 18.6 Å². The molecule has 3 unspecified atom stereocenters. The number of hydrogen-bond donors (Lipinski definition) is 1. The van der Waals surface area contributed by atoms with E-state index < -0.39 is 9.84 Å². The van der Waals surface area contributed by atoms with Crippen molar-refractivity contribution in [1.29, 1.82) is 0 Å². The van der Waals surface area contributed by atoms with Gasteiger partial charge in [-0.15, -0.1) is 0 Å². The third kappa shape index (κ3) is 3.20. The molecule has 2 rings (SSSR count). The highest BCUT2D eigenvalue weighted by molar-refractivity contribution is 7.92. The summed E-state index contributed by atoms with van der Waals surface area (Å²) in [5.74, 6) is 0.392. The van der Waals surface area contributed by atoms with Crippen LogP contribution in [0.5, 0.6) is 0 Å². The Bertz CT molecular complexity index is 356. The Morgan fingerprint density at radius 2 is 2.12 bits per heavy atom. The monoisotopic (exact) mass is 260 g/mol. The average molecular weight is 260 g/mol. The van der Waals surface area contributed by atoms with Crippen molar-refractivity contribution < 1.29 is 8.42 Å². The second-order valence-electron chi connectivity index (χ2n) is 5.59. The topological polar surface area (TPSA) is 49.4 Å². The van der Waals surface area contributed by atoms with E-state index in [1.807, 2.05) is 0 Å². The Morgan fingerprint density at radius 3 is 2.71 bits per heavy atom. The summed E-state index contributed by atoms with van der Waals surface area (Å²) in [5, 5.41) is 3.34. The summed E-state index contributed by atoms with van der Waals surface area (Å²) in [7, 11) is -0.630. The molecule has 0 aromatic rings. The number of hydrogen-bond acceptors (Lipinski definition) is 4. The summed E-state index contributed by atoms with van der Waals surface area (Å²) in [6, 6.07) is 1.10. The number of sulfone groups is 1. The van der Waals surface area contributed by atoms with Crippen molar-refractivity contribution in [2.45, 2.75) is 49.9 Å². The summed E-state index contributed by atoms with van der Waals surface area (Å²) in [5.41, 5.74) is 0. The minimum absolute atomic E-state index is 0.127. The van der Waals surface area contributed by atoms with E-state index in [2.05, 4.69) is 24.2 Å². The van der Waals surface area contributed by atoms with Crippen molar-refractivity contribution in [2.75, 3.05) is 25.9 Å². The first kappa shape index (κ1) is 13.3. The molecule has 4 nitrogen and oxygen atoms in total. The minimum atomic E-state index is -2.79. The summed E-state index contributed by atoms with van der Waals surface area (Å²) < 4.78 is 23.4. The van der Waals surface area contributed by atoms with E-state index in [9.17, 15) is 8.42 Å². The van der Waals surface area contributed by atoms with Gasteiger partial charge in [-0.3, -0.25) is 0 Å². The SMILES string of the molecule is CC1CC(NCC2CCCS2(=O)=O)CCN1C. The maximum Gasteiger partial charge on any atom is 0.154 e. The normalized spacial score (nSPS) is 38.4. The summed E-state index contributed by atoms with van der Waals surface area (Å²) in [6.45, 7) is 4.00. The van der Waals surface area contributed by atoms with Crippen molar-refractivity contribution in [3.63, 3.8) is 0 Å². The second-order valence-corrected chi connectivity index (χ2v) is 7.99. The number of likely N-dealkylation sites (tertiary alicyclic amines) is 1. The second kappa shape index (κ2) is 5.24. The van der Waals surface area contributed by atoms with Crippen LogP contribution in [0.2, 0.25) is 0 Å². The molecule has 0 spiro atoms. The molecule has 2 aliphatic rings. The zero-order chi connectivity index (χ0) is 12.5. The Kier molecular flexibility index (Phi) is 4.10. The van der Waals surface area contributed by atoms with Crippen LogP contribution in [0.1, 0.15) is 32.6 Å². The van der Waals surface area contributed by atoms with E-state index in [0.717, 1.165) is 32.2 Å². The molecule has 17 heavy (non-hydrogen) atoms.